The number of esters is 1. The van der Waals surface area contributed by atoms with E-state index in [1.54, 1.807) is 29.2 Å². The van der Waals surface area contributed by atoms with Gasteiger partial charge in [0, 0.05) is 32.5 Å². The number of likely N-dealkylation sites (tertiary alicyclic amines) is 1. The van der Waals surface area contributed by atoms with Gasteiger partial charge in [-0.05, 0) is 30.7 Å². The molecule has 1 aliphatic carbocycles. The largest absolute Gasteiger partial charge is 0.438 e. The molecule has 2 aliphatic rings. The standard InChI is InChI=1S/C25H35N5O6/c1-15(31)35-16(2)36-25(34)29-22(27)19-10-8-17(9-11-19)14-28-23(32)20-12-13-30(20)24(33)21(26)18-6-4-3-5-7-18/h8-11,16,18,20-21H,3-7,12-14,26H2,1-2H3,(H,28,32)(H2,27,29,34)/t16?,20-,21+/m0/s1. The minimum absolute atomic E-state index is 0.0662. The number of hydrogen-bond donors (Lipinski definition) is 3. The summed E-state index contributed by atoms with van der Waals surface area (Å²) in [5, 5.41) is 2.87. The van der Waals surface area contributed by atoms with Crippen molar-refractivity contribution in [2.75, 3.05) is 6.54 Å². The SMILES string of the molecule is CC(=O)OC(C)OC(=O)/N=C(\N)c1ccc(CNC(=O)[C@@H]2CCN2C(=O)[C@H](N)C2CCCCC2)cc1. The van der Waals surface area contributed by atoms with Crippen molar-refractivity contribution in [3.05, 3.63) is 35.4 Å². The van der Waals surface area contributed by atoms with E-state index >= 15 is 0 Å². The summed E-state index contributed by atoms with van der Waals surface area (Å²) < 4.78 is 9.53. The van der Waals surface area contributed by atoms with E-state index in [0.717, 1.165) is 31.2 Å². The van der Waals surface area contributed by atoms with E-state index in [1.807, 2.05) is 0 Å². The Kier molecular flexibility index (Phi) is 9.40. The summed E-state index contributed by atoms with van der Waals surface area (Å²) in [6.07, 6.45) is 3.89. The van der Waals surface area contributed by atoms with E-state index in [-0.39, 0.29) is 30.1 Å². The Hall–Kier alpha value is -3.47. The number of nitrogens with one attached hydrogen (secondary N) is 1. The molecule has 36 heavy (non-hydrogen) atoms. The van der Waals surface area contributed by atoms with Crippen LogP contribution < -0.4 is 16.8 Å². The van der Waals surface area contributed by atoms with Gasteiger partial charge in [-0.1, -0.05) is 43.5 Å². The van der Waals surface area contributed by atoms with Gasteiger partial charge in [0.1, 0.15) is 11.9 Å². The monoisotopic (exact) mass is 501 g/mol. The van der Waals surface area contributed by atoms with Gasteiger partial charge < -0.3 is 31.2 Å². The number of benzene rings is 1. The molecule has 3 rings (SSSR count). The number of nitrogens with two attached hydrogens (primary N) is 2. The van der Waals surface area contributed by atoms with Crippen LogP contribution >= 0.6 is 0 Å². The third-order valence-corrected chi connectivity index (χ3v) is 6.58. The molecule has 196 valence electrons. The zero-order valence-electron chi connectivity index (χ0n) is 20.8. The van der Waals surface area contributed by atoms with Crippen molar-refractivity contribution in [1.29, 1.82) is 0 Å². The molecular formula is C25H35N5O6. The van der Waals surface area contributed by atoms with Gasteiger partial charge in [-0.3, -0.25) is 14.4 Å². The van der Waals surface area contributed by atoms with Crippen molar-refractivity contribution >= 4 is 29.7 Å². The summed E-state index contributed by atoms with van der Waals surface area (Å²) in [7, 11) is 0. The molecule has 0 aromatic heterocycles. The molecule has 11 heteroatoms. The first-order chi connectivity index (χ1) is 17.2. The minimum atomic E-state index is -1.08. The molecule has 1 aromatic rings. The lowest BCUT2D eigenvalue weighted by Crippen LogP contribution is -2.62. The summed E-state index contributed by atoms with van der Waals surface area (Å²) in [6, 6.07) is 5.77. The maximum absolute atomic E-state index is 12.8. The topological polar surface area (TPSA) is 166 Å². The number of carbonyl (C=O) groups is 4. The van der Waals surface area contributed by atoms with Crippen LogP contribution in [0.3, 0.4) is 0 Å². The van der Waals surface area contributed by atoms with Gasteiger partial charge in [-0.25, -0.2) is 4.79 Å². The maximum atomic E-state index is 12.8. The van der Waals surface area contributed by atoms with Crippen LogP contribution in [0.1, 0.15) is 63.5 Å². The normalized spacial score (nSPS) is 20.0. The molecule has 2 fully saturated rings. The Morgan fingerprint density at radius 2 is 1.75 bits per heavy atom. The summed E-state index contributed by atoms with van der Waals surface area (Å²) in [4.78, 5) is 53.4. The summed E-state index contributed by atoms with van der Waals surface area (Å²) in [5.74, 6) is -0.796. The maximum Gasteiger partial charge on any atom is 0.438 e. The molecule has 1 unspecified atom stereocenters. The van der Waals surface area contributed by atoms with Gasteiger partial charge >= 0.3 is 12.1 Å². The molecule has 1 saturated heterocycles. The fourth-order valence-corrected chi connectivity index (χ4v) is 4.50. The second-order valence-electron chi connectivity index (χ2n) is 9.23. The second kappa shape index (κ2) is 12.5. The number of ether oxygens (including phenoxy) is 2. The highest BCUT2D eigenvalue weighted by Gasteiger charge is 2.41. The highest BCUT2D eigenvalue weighted by molar-refractivity contribution is 6.02. The van der Waals surface area contributed by atoms with Crippen LogP contribution in [0.5, 0.6) is 0 Å². The van der Waals surface area contributed by atoms with Crippen molar-refractivity contribution < 1.29 is 28.7 Å². The predicted octanol–water partition coefficient (Wildman–Crippen LogP) is 1.56. The third kappa shape index (κ3) is 7.27. The molecule has 3 atom stereocenters. The van der Waals surface area contributed by atoms with E-state index in [2.05, 4.69) is 10.3 Å². The van der Waals surface area contributed by atoms with Crippen LogP contribution in [0.2, 0.25) is 0 Å². The average molecular weight is 502 g/mol. The molecule has 1 saturated carbocycles. The van der Waals surface area contributed by atoms with E-state index in [0.29, 0.717) is 18.5 Å². The number of nitrogens with zero attached hydrogens (tertiary/aromatic N) is 2. The second-order valence-corrected chi connectivity index (χ2v) is 9.23. The summed E-state index contributed by atoms with van der Waals surface area (Å²) >= 11 is 0. The highest BCUT2D eigenvalue weighted by Crippen LogP contribution is 2.28. The Labute approximate surface area is 210 Å². The van der Waals surface area contributed by atoms with Crippen LogP contribution in [-0.4, -0.2) is 59.5 Å². The van der Waals surface area contributed by atoms with Crippen molar-refractivity contribution in [1.82, 2.24) is 10.2 Å². The Balaban J connectivity index is 1.48. The average Bonchev–Trinajstić information content (AvgIpc) is 2.81. The van der Waals surface area contributed by atoms with Crippen LogP contribution in [0.25, 0.3) is 0 Å². The van der Waals surface area contributed by atoms with E-state index in [9.17, 15) is 19.2 Å². The first-order valence-corrected chi connectivity index (χ1v) is 12.3. The fourth-order valence-electron chi connectivity index (χ4n) is 4.50. The molecule has 0 radical (unpaired) electrons. The Bertz CT molecular complexity index is 989. The van der Waals surface area contributed by atoms with Gasteiger partial charge in [0.05, 0.1) is 6.04 Å². The molecule has 1 aliphatic heterocycles. The smallest absolute Gasteiger partial charge is 0.426 e. The van der Waals surface area contributed by atoms with Crippen LogP contribution in [0.4, 0.5) is 4.79 Å². The van der Waals surface area contributed by atoms with Crippen LogP contribution in [0, 0.1) is 5.92 Å². The Morgan fingerprint density at radius 3 is 2.33 bits per heavy atom. The number of amides is 3. The quantitative estimate of drug-likeness (QED) is 0.209. The predicted molar refractivity (Wildman–Crippen MR) is 131 cm³/mol. The lowest BCUT2D eigenvalue weighted by atomic mass is 9.83. The number of carbonyl (C=O) groups excluding carboxylic acids is 4. The lowest BCUT2D eigenvalue weighted by Gasteiger charge is -2.42. The van der Waals surface area contributed by atoms with Crippen molar-refractivity contribution in [3.8, 4) is 0 Å². The number of hydrogen-bond acceptors (Lipinski definition) is 7. The van der Waals surface area contributed by atoms with E-state index in [1.165, 1.54) is 20.3 Å². The van der Waals surface area contributed by atoms with Gasteiger partial charge in [0.2, 0.25) is 18.1 Å². The number of amidine groups is 1. The zero-order chi connectivity index (χ0) is 26.2. The molecule has 1 heterocycles. The fraction of sp³-hybridized carbons (Fsp3) is 0.560. The first kappa shape index (κ1) is 27.1. The molecule has 3 amide bonds. The van der Waals surface area contributed by atoms with Crippen LogP contribution in [-0.2, 0) is 30.4 Å². The Morgan fingerprint density at radius 1 is 1.08 bits per heavy atom. The molecular weight excluding hydrogens is 466 g/mol. The van der Waals surface area contributed by atoms with Crippen molar-refractivity contribution in [3.63, 3.8) is 0 Å². The molecule has 5 N–H and O–H groups in total. The summed E-state index contributed by atoms with van der Waals surface area (Å²) in [5.41, 5.74) is 13.4. The molecule has 1 aromatic carbocycles. The van der Waals surface area contributed by atoms with Crippen molar-refractivity contribution in [2.45, 2.75) is 77.3 Å². The third-order valence-electron chi connectivity index (χ3n) is 6.58. The van der Waals surface area contributed by atoms with Gasteiger partial charge in [-0.15, -0.1) is 0 Å². The van der Waals surface area contributed by atoms with Crippen molar-refractivity contribution in [2.24, 2.45) is 22.4 Å². The van der Waals surface area contributed by atoms with Gasteiger partial charge in [0.25, 0.3) is 0 Å². The minimum Gasteiger partial charge on any atom is -0.426 e. The number of rotatable bonds is 8. The van der Waals surface area contributed by atoms with E-state index in [4.69, 9.17) is 20.9 Å². The molecule has 0 spiro atoms. The number of aliphatic imine (C=N–C) groups is 1. The summed E-state index contributed by atoms with van der Waals surface area (Å²) in [6.45, 7) is 3.40. The zero-order valence-corrected chi connectivity index (χ0v) is 20.8. The van der Waals surface area contributed by atoms with Crippen LogP contribution in [0.15, 0.2) is 29.3 Å². The van der Waals surface area contributed by atoms with E-state index < -0.39 is 30.4 Å². The van der Waals surface area contributed by atoms with Gasteiger partial charge in [0.15, 0.2) is 0 Å². The highest BCUT2D eigenvalue weighted by atomic mass is 16.7. The molecule has 0 bridgehead atoms. The molecule has 11 nitrogen and oxygen atoms in total. The first-order valence-electron chi connectivity index (χ1n) is 12.3. The lowest BCUT2D eigenvalue weighted by molar-refractivity contribution is -0.161. The van der Waals surface area contributed by atoms with Gasteiger partial charge in [-0.2, -0.15) is 4.99 Å².